The van der Waals surface area contributed by atoms with Crippen LogP contribution in [0.4, 0.5) is 0 Å². The van der Waals surface area contributed by atoms with E-state index >= 15 is 0 Å². The van der Waals surface area contributed by atoms with E-state index in [-0.39, 0.29) is 11.5 Å². The van der Waals surface area contributed by atoms with E-state index in [1.165, 1.54) is 33.6 Å². The SMILES string of the molecule is O=C(CSCc1cc(=O)n2ccsc2n1)NCc1ccc(Cl)cc1. The van der Waals surface area contributed by atoms with Crippen LogP contribution in [0.2, 0.25) is 5.02 Å². The molecule has 24 heavy (non-hydrogen) atoms. The molecule has 0 aliphatic rings. The Kier molecular flexibility index (Phi) is 5.55. The number of rotatable bonds is 6. The maximum absolute atomic E-state index is 11.9. The highest BCUT2D eigenvalue weighted by Crippen LogP contribution is 2.12. The van der Waals surface area contributed by atoms with E-state index in [9.17, 15) is 9.59 Å². The van der Waals surface area contributed by atoms with E-state index in [2.05, 4.69) is 10.3 Å². The minimum Gasteiger partial charge on any atom is -0.351 e. The number of benzene rings is 1. The second-order valence-electron chi connectivity index (χ2n) is 5.04. The van der Waals surface area contributed by atoms with Crippen LogP contribution in [0.5, 0.6) is 0 Å². The minimum absolute atomic E-state index is 0.0520. The van der Waals surface area contributed by atoms with Crippen LogP contribution in [0.15, 0.2) is 46.7 Å². The Morgan fingerprint density at radius 1 is 1.33 bits per heavy atom. The Hall–Kier alpha value is -1.83. The summed E-state index contributed by atoms with van der Waals surface area (Å²) in [6.07, 6.45) is 1.70. The van der Waals surface area contributed by atoms with Gasteiger partial charge in [0.25, 0.3) is 5.56 Å². The molecule has 0 saturated heterocycles. The molecule has 0 atom stereocenters. The number of amides is 1. The van der Waals surface area contributed by atoms with Crippen molar-refractivity contribution in [3.05, 3.63) is 68.5 Å². The smallest absolute Gasteiger partial charge is 0.258 e. The van der Waals surface area contributed by atoms with Crippen molar-refractivity contribution in [2.45, 2.75) is 12.3 Å². The molecule has 0 aliphatic carbocycles. The number of carbonyl (C=O) groups excluding carboxylic acids is 1. The lowest BCUT2D eigenvalue weighted by molar-refractivity contribution is -0.118. The zero-order chi connectivity index (χ0) is 16.9. The fourth-order valence-corrected chi connectivity index (χ4v) is 3.68. The van der Waals surface area contributed by atoms with Gasteiger partial charge < -0.3 is 5.32 Å². The molecule has 3 rings (SSSR count). The molecule has 0 fully saturated rings. The number of halogens is 1. The largest absolute Gasteiger partial charge is 0.351 e. The monoisotopic (exact) mass is 379 g/mol. The lowest BCUT2D eigenvalue weighted by Gasteiger charge is -2.05. The molecule has 1 aromatic carbocycles. The number of fused-ring (bicyclic) bond motifs is 1. The van der Waals surface area contributed by atoms with Crippen LogP contribution in [0.25, 0.3) is 4.96 Å². The number of aromatic nitrogens is 2. The quantitative estimate of drug-likeness (QED) is 0.715. The van der Waals surface area contributed by atoms with Gasteiger partial charge in [-0.3, -0.25) is 14.0 Å². The summed E-state index contributed by atoms with van der Waals surface area (Å²) in [7, 11) is 0. The Labute approximate surface area is 151 Å². The summed E-state index contributed by atoms with van der Waals surface area (Å²) in [5.74, 6) is 0.792. The van der Waals surface area contributed by atoms with Gasteiger partial charge in [0, 0.05) is 35.0 Å². The highest BCUT2D eigenvalue weighted by Gasteiger charge is 2.06. The van der Waals surface area contributed by atoms with E-state index in [1.807, 2.05) is 17.5 Å². The Balaban J connectivity index is 1.47. The third-order valence-corrected chi connectivity index (χ3v) is 5.22. The first-order valence-corrected chi connectivity index (χ1v) is 9.58. The predicted octanol–water partition coefficient (Wildman–Crippen LogP) is 2.96. The maximum atomic E-state index is 11.9. The Morgan fingerprint density at radius 3 is 2.92 bits per heavy atom. The molecule has 5 nitrogen and oxygen atoms in total. The lowest BCUT2D eigenvalue weighted by atomic mass is 10.2. The predicted molar refractivity (Wildman–Crippen MR) is 98.8 cm³/mol. The summed E-state index contributed by atoms with van der Waals surface area (Å²) in [4.78, 5) is 28.8. The molecule has 1 amide bonds. The number of thiazole rings is 1. The van der Waals surface area contributed by atoms with Gasteiger partial charge in [-0.25, -0.2) is 4.98 Å². The van der Waals surface area contributed by atoms with Gasteiger partial charge in [0.05, 0.1) is 11.4 Å². The average Bonchev–Trinajstić information content (AvgIpc) is 3.03. The maximum Gasteiger partial charge on any atom is 0.258 e. The van der Waals surface area contributed by atoms with Gasteiger partial charge in [0.1, 0.15) is 0 Å². The second-order valence-corrected chi connectivity index (χ2v) is 7.33. The van der Waals surface area contributed by atoms with Gasteiger partial charge in [0.2, 0.25) is 5.91 Å². The summed E-state index contributed by atoms with van der Waals surface area (Å²) in [5.41, 5.74) is 1.59. The number of thioether (sulfide) groups is 1. The van der Waals surface area contributed by atoms with E-state index < -0.39 is 0 Å². The molecule has 2 heterocycles. The van der Waals surface area contributed by atoms with E-state index in [0.717, 1.165) is 5.56 Å². The molecule has 0 radical (unpaired) electrons. The van der Waals surface area contributed by atoms with E-state index in [1.54, 1.807) is 18.3 Å². The van der Waals surface area contributed by atoms with Crippen molar-refractivity contribution in [2.24, 2.45) is 0 Å². The van der Waals surface area contributed by atoms with Gasteiger partial charge >= 0.3 is 0 Å². The standard InChI is InChI=1S/C16H14ClN3O2S2/c17-12-3-1-11(2-4-12)8-18-14(21)10-23-9-13-7-15(22)20-5-6-24-16(20)19-13/h1-7H,8-10H2,(H,18,21). The lowest BCUT2D eigenvalue weighted by Crippen LogP contribution is -2.24. The summed E-state index contributed by atoms with van der Waals surface area (Å²) in [6.45, 7) is 0.470. The van der Waals surface area contributed by atoms with Gasteiger partial charge in [-0.15, -0.1) is 23.1 Å². The molecular weight excluding hydrogens is 366 g/mol. The van der Waals surface area contributed by atoms with Crippen molar-refractivity contribution in [3.8, 4) is 0 Å². The van der Waals surface area contributed by atoms with E-state index in [0.29, 0.717) is 33.7 Å². The summed E-state index contributed by atoms with van der Waals surface area (Å²) >= 11 is 8.67. The highest BCUT2D eigenvalue weighted by atomic mass is 35.5. The average molecular weight is 380 g/mol. The second kappa shape index (κ2) is 7.83. The minimum atomic E-state index is -0.0935. The molecule has 124 valence electrons. The van der Waals surface area contributed by atoms with Gasteiger partial charge in [-0.05, 0) is 17.7 Å². The molecule has 0 spiro atoms. The summed E-state index contributed by atoms with van der Waals surface area (Å²) in [6, 6.07) is 8.86. The molecule has 8 heteroatoms. The summed E-state index contributed by atoms with van der Waals surface area (Å²) < 4.78 is 1.51. The molecular formula is C16H14ClN3O2S2. The van der Waals surface area contributed by atoms with Crippen LogP contribution in [0.3, 0.4) is 0 Å². The number of nitrogens with zero attached hydrogens (tertiary/aromatic N) is 2. The molecule has 0 unspecified atom stereocenters. The van der Waals surface area contributed by atoms with Crippen LogP contribution in [-0.4, -0.2) is 21.0 Å². The third kappa shape index (κ3) is 4.37. The Bertz CT molecular complexity index is 906. The van der Waals surface area contributed by atoms with Gasteiger partial charge in [-0.2, -0.15) is 0 Å². The van der Waals surface area contributed by atoms with Crippen LogP contribution >= 0.6 is 34.7 Å². The topological polar surface area (TPSA) is 63.5 Å². The van der Waals surface area contributed by atoms with Crippen LogP contribution in [-0.2, 0) is 17.1 Å². The first-order chi connectivity index (χ1) is 11.6. The fraction of sp³-hybridized carbons (Fsp3) is 0.188. The molecule has 3 aromatic rings. The van der Waals surface area contributed by atoms with Crippen molar-refractivity contribution in [1.82, 2.24) is 14.7 Å². The van der Waals surface area contributed by atoms with E-state index in [4.69, 9.17) is 11.6 Å². The van der Waals surface area contributed by atoms with Crippen molar-refractivity contribution in [2.75, 3.05) is 5.75 Å². The third-order valence-electron chi connectivity index (χ3n) is 3.24. The van der Waals surface area contributed by atoms with Crippen molar-refractivity contribution < 1.29 is 4.79 Å². The number of hydrogen-bond donors (Lipinski definition) is 1. The van der Waals surface area contributed by atoms with Gasteiger partial charge in [-0.1, -0.05) is 23.7 Å². The number of carbonyl (C=O) groups is 1. The molecule has 0 aliphatic heterocycles. The first kappa shape index (κ1) is 17.0. The summed E-state index contributed by atoms with van der Waals surface area (Å²) in [5, 5.41) is 5.35. The zero-order valence-corrected chi connectivity index (χ0v) is 15.0. The fourth-order valence-electron chi connectivity index (χ4n) is 2.06. The molecule has 0 saturated carbocycles. The molecule has 1 N–H and O–H groups in total. The van der Waals surface area contributed by atoms with Crippen LogP contribution in [0.1, 0.15) is 11.3 Å². The molecule has 2 aromatic heterocycles. The number of nitrogens with one attached hydrogen (secondary N) is 1. The van der Waals surface area contributed by atoms with Gasteiger partial charge in [0.15, 0.2) is 4.96 Å². The van der Waals surface area contributed by atoms with Crippen molar-refractivity contribution in [3.63, 3.8) is 0 Å². The Morgan fingerprint density at radius 2 is 2.12 bits per heavy atom. The normalized spacial score (nSPS) is 10.9. The van der Waals surface area contributed by atoms with Crippen molar-refractivity contribution >= 4 is 45.6 Å². The molecule has 0 bridgehead atoms. The zero-order valence-electron chi connectivity index (χ0n) is 12.6. The number of hydrogen-bond acceptors (Lipinski definition) is 5. The van der Waals surface area contributed by atoms with Crippen molar-refractivity contribution in [1.29, 1.82) is 0 Å². The first-order valence-electron chi connectivity index (χ1n) is 7.16. The van der Waals surface area contributed by atoms with Crippen LogP contribution in [0, 0.1) is 0 Å². The highest BCUT2D eigenvalue weighted by molar-refractivity contribution is 7.99. The van der Waals surface area contributed by atoms with Crippen LogP contribution < -0.4 is 10.9 Å².